The molecule has 1 N–H and O–H groups in total. The van der Waals surface area contributed by atoms with E-state index in [0.29, 0.717) is 0 Å². The summed E-state index contributed by atoms with van der Waals surface area (Å²) in [6.45, 7) is 13.5. The van der Waals surface area contributed by atoms with Crippen LogP contribution in [0.3, 0.4) is 0 Å². The van der Waals surface area contributed by atoms with Crippen LogP contribution in [0.5, 0.6) is 0 Å². The zero-order valence-electron chi connectivity index (χ0n) is 28.6. The molecule has 1 aromatic heterocycles. The Morgan fingerprint density at radius 3 is 1.71 bits per heavy atom. The van der Waals surface area contributed by atoms with Crippen LogP contribution in [-0.2, 0) is 15.6 Å². The van der Waals surface area contributed by atoms with Crippen molar-refractivity contribution in [3.05, 3.63) is 131 Å². The van der Waals surface area contributed by atoms with Crippen LogP contribution in [0.2, 0.25) is 0 Å². The van der Waals surface area contributed by atoms with Gasteiger partial charge in [0.1, 0.15) is 11.6 Å². The van der Waals surface area contributed by atoms with Gasteiger partial charge in [-0.25, -0.2) is 4.79 Å². The van der Waals surface area contributed by atoms with Crippen molar-refractivity contribution in [2.75, 3.05) is 4.90 Å². The van der Waals surface area contributed by atoms with Crippen molar-refractivity contribution in [1.82, 2.24) is 0 Å². The largest absolute Gasteiger partial charge is 0.477 e. The Balaban J connectivity index is 1.43. The highest BCUT2D eigenvalue weighted by atomic mass is 32.1. The summed E-state index contributed by atoms with van der Waals surface area (Å²) >= 11 is 1.49. The van der Waals surface area contributed by atoms with Gasteiger partial charge in [0, 0.05) is 26.5 Å². The number of hydrogen-bond donors (Lipinski definition) is 1. The summed E-state index contributed by atoms with van der Waals surface area (Å²) in [5, 5.41) is 25.7. The van der Waals surface area contributed by atoms with Crippen LogP contribution < -0.4 is 4.90 Å². The molecule has 0 aliphatic carbocycles. The smallest absolute Gasteiger partial charge is 0.346 e. The van der Waals surface area contributed by atoms with Gasteiger partial charge in [0.05, 0.1) is 5.69 Å². The molecule has 4 nitrogen and oxygen atoms in total. The van der Waals surface area contributed by atoms with Crippen molar-refractivity contribution in [1.29, 1.82) is 5.26 Å². The molecular formula is C44H38N2O2S. The maximum Gasteiger partial charge on any atom is 0.346 e. The summed E-state index contributed by atoms with van der Waals surface area (Å²) in [4.78, 5) is 15.6. The van der Waals surface area contributed by atoms with Crippen molar-refractivity contribution < 1.29 is 9.90 Å². The van der Waals surface area contributed by atoms with E-state index in [2.05, 4.69) is 144 Å². The highest BCUT2D eigenvalue weighted by Crippen LogP contribution is 2.46. The summed E-state index contributed by atoms with van der Waals surface area (Å²) < 4.78 is 0. The fourth-order valence-electron chi connectivity index (χ4n) is 6.70. The van der Waals surface area contributed by atoms with Crippen molar-refractivity contribution in [3.8, 4) is 16.5 Å². The number of thiophene rings is 1. The van der Waals surface area contributed by atoms with Crippen LogP contribution >= 0.6 is 11.3 Å². The molecule has 0 bridgehead atoms. The molecule has 1 heterocycles. The van der Waals surface area contributed by atoms with E-state index in [1.54, 1.807) is 6.07 Å². The van der Waals surface area contributed by atoms with Crippen molar-refractivity contribution in [2.24, 2.45) is 0 Å². The lowest BCUT2D eigenvalue weighted by Gasteiger charge is -2.29. The predicted molar refractivity (Wildman–Crippen MR) is 207 cm³/mol. The third-order valence-corrected chi connectivity index (χ3v) is 10.5. The molecular weight excluding hydrogens is 621 g/mol. The lowest BCUT2D eigenvalue weighted by atomic mass is 9.86. The Kier molecular flexibility index (Phi) is 7.81. The molecule has 0 spiro atoms. The average molecular weight is 659 g/mol. The van der Waals surface area contributed by atoms with E-state index in [-0.39, 0.29) is 16.4 Å². The number of hydrogen-bond acceptors (Lipinski definition) is 4. The maximum absolute atomic E-state index is 11.5. The van der Waals surface area contributed by atoms with Crippen molar-refractivity contribution in [2.45, 2.75) is 52.4 Å². The van der Waals surface area contributed by atoms with E-state index in [4.69, 9.17) is 0 Å². The first kappa shape index (κ1) is 32.1. The second-order valence-corrected chi connectivity index (χ2v) is 15.8. The highest BCUT2D eigenvalue weighted by Gasteiger charge is 2.22. The predicted octanol–water partition coefficient (Wildman–Crippen LogP) is 12.4. The van der Waals surface area contributed by atoms with E-state index < -0.39 is 5.97 Å². The van der Waals surface area contributed by atoms with E-state index >= 15 is 0 Å². The molecule has 0 unspecified atom stereocenters. The first-order valence-electron chi connectivity index (χ1n) is 16.5. The van der Waals surface area contributed by atoms with Crippen LogP contribution in [0.4, 0.5) is 17.1 Å². The number of benzene rings is 6. The topological polar surface area (TPSA) is 64.3 Å². The van der Waals surface area contributed by atoms with Gasteiger partial charge in [-0.3, -0.25) is 0 Å². The van der Waals surface area contributed by atoms with Crippen LogP contribution in [-0.4, -0.2) is 11.1 Å². The van der Waals surface area contributed by atoms with E-state index in [1.807, 2.05) is 12.1 Å². The zero-order chi connectivity index (χ0) is 34.7. The fourth-order valence-corrected chi connectivity index (χ4v) is 7.69. The third kappa shape index (κ3) is 5.83. The molecule has 7 aromatic rings. The van der Waals surface area contributed by atoms with E-state index in [9.17, 15) is 15.2 Å². The molecule has 0 saturated heterocycles. The normalized spacial score (nSPS) is 12.6. The molecule has 0 fully saturated rings. The number of carboxylic acids is 1. The Morgan fingerprint density at radius 1 is 0.673 bits per heavy atom. The Bertz CT molecular complexity index is 2370. The van der Waals surface area contributed by atoms with E-state index in [0.717, 1.165) is 37.8 Å². The van der Waals surface area contributed by atoms with Gasteiger partial charge in [-0.15, -0.1) is 11.3 Å². The molecule has 242 valence electrons. The molecule has 7 rings (SSSR count). The third-order valence-electron chi connectivity index (χ3n) is 9.40. The minimum Gasteiger partial charge on any atom is -0.477 e. The number of anilines is 3. The molecule has 0 aliphatic heterocycles. The highest BCUT2D eigenvalue weighted by molar-refractivity contribution is 7.16. The molecule has 0 aliphatic rings. The number of nitrogens with zero attached hydrogens (tertiary/aromatic N) is 2. The summed E-state index contributed by atoms with van der Waals surface area (Å²) in [6, 6.07) is 41.2. The number of aliphatic carboxylic acids is 1. The molecule has 6 aromatic carbocycles. The second kappa shape index (κ2) is 11.9. The van der Waals surface area contributed by atoms with Gasteiger partial charge in [0.2, 0.25) is 0 Å². The summed E-state index contributed by atoms with van der Waals surface area (Å²) in [5.74, 6) is -1.22. The first-order chi connectivity index (χ1) is 23.3. The SMILES string of the molecule is CC(C)(C)c1ccc(N(c2ccc(C(C)(C)C)cc2)c2ccc3ccc4c(-c5ccc(/C=C(/C#N)C(=O)O)s5)ccc5ccc2c3c54)cc1. The Labute approximate surface area is 291 Å². The van der Waals surface area contributed by atoms with Crippen LogP contribution in [0.1, 0.15) is 57.5 Å². The fraction of sp³-hybridized carbons (Fsp3) is 0.182. The number of carbonyl (C=O) groups is 1. The first-order valence-corrected chi connectivity index (χ1v) is 17.3. The van der Waals surface area contributed by atoms with Crippen LogP contribution in [0.25, 0.3) is 48.8 Å². The summed E-state index contributed by atoms with van der Waals surface area (Å²) in [7, 11) is 0. The molecule has 0 radical (unpaired) electrons. The molecule has 5 heteroatoms. The molecule has 0 atom stereocenters. The van der Waals surface area contributed by atoms with E-state index in [1.165, 1.54) is 55.5 Å². The Morgan fingerprint density at radius 2 is 1.18 bits per heavy atom. The minimum absolute atomic E-state index is 0.0519. The van der Waals surface area contributed by atoms with Gasteiger partial charge in [0.25, 0.3) is 0 Å². The van der Waals surface area contributed by atoms with Crippen molar-refractivity contribution in [3.63, 3.8) is 0 Å². The standard InChI is InChI=1S/C44H38N2O2S/c1-43(2,3)30-11-15-32(16-12-30)46(33-17-13-31(14-18-33)44(4,5)6)38-23-10-28-8-21-36-35(20-7-27-9-22-37(38)41(28)40(27)36)39-24-19-34(49-39)25-29(26-45)42(47)48/h7-25H,1-6H3,(H,47,48)/b29-25-. The lowest BCUT2D eigenvalue weighted by molar-refractivity contribution is -0.132. The quantitative estimate of drug-likeness (QED) is 0.110. The average Bonchev–Trinajstić information content (AvgIpc) is 3.54. The van der Waals surface area contributed by atoms with Gasteiger partial charge in [-0.2, -0.15) is 5.26 Å². The minimum atomic E-state index is -1.22. The molecule has 0 amide bonds. The summed E-state index contributed by atoms with van der Waals surface area (Å²) in [5.41, 5.74) is 6.81. The second-order valence-electron chi connectivity index (χ2n) is 14.7. The summed E-state index contributed by atoms with van der Waals surface area (Å²) in [6.07, 6.45) is 1.44. The zero-order valence-corrected chi connectivity index (χ0v) is 29.4. The number of rotatable bonds is 6. The van der Waals surface area contributed by atoms with Gasteiger partial charge in [0.15, 0.2) is 0 Å². The number of carboxylic acid groups (broad SMARTS) is 1. The van der Waals surface area contributed by atoms with Crippen LogP contribution in [0, 0.1) is 11.3 Å². The Hall–Kier alpha value is -5.44. The van der Waals surface area contributed by atoms with Crippen molar-refractivity contribution >= 4 is 72.8 Å². The van der Waals surface area contributed by atoms with Gasteiger partial charge >= 0.3 is 5.97 Å². The molecule has 49 heavy (non-hydrogen) atoms. The van der Waals surface area contributed by atoms with Gasteiger partial charge in [-0.1, -0.05) is 108 Å². The van der Waals surface area contributed by atoms with Gasteiger partial charge < -0.3 is 10.0 Å². The maximum atomic E-state index is 11.5. The van der Waals surface area contributed by atoms with Crippen LogP contribution in [0.15, 0.2) is 115 Å². The molecule has 0 saturated carbocycles. The number of nitriles is 1. The van der Waals surface area contributed by atoms with Gasteiger partial charge in [-0.05, 0) is 103 Å². The lowest BCUT2D eigenvalue weighted by Crippen LogP contribution is -2.14. The monoisotopic (exact) mass is 658 g/mol.